The van der Waals surface area contributed by atoms with Crippen LogP contribution >= 0.6 is 0 Å². The third kappa shape index (κ3) is 5.72. The lowest BCUT2D eigenvalue weighted by Gasteiger charge is -2.36. The molecule has 1 atom stereocenters. The van der Waals surface area contributed by atoms with Gasteiger partial charge in [0.15, 0.2) is 5.60 Å². The van der Waals surface area contributed by atoms with E-state index in [2.05, 4.69) is 6.92 Å². The summed E-state index contributed by atoms with van der Waals surface area (Å²) in [6, 6.07) is 17.2. The first kappa shape index (κ1) is 27.8. The first-order valence-electron chi connectivity index (χ1n) is 14.7. The maximum absolute atomic E-state index is 12.9. The van der Waals surface area contributed by atoms with Gasteiger partial charge in [-0.25, -0.2) is 4.79 Å². The number of esters is 2. The monoisotopic (exact) mass is 542 g/mol. The van der Waals surface area contributed by atoms with E-state index in [1.165, 1.54) is 57.4 Å². The average Bonchev–Trinajstić information content (AvgIpc) is 3.24. The fourth-order valence-electron chi connectivity index (χ4n) is 5.82. The van der Waals surface area contributed by atoms with Gasteiger partial charge < -0.3 is 19.3 Å². The van der Waals surface area contributed by atoms with Gasteiger partial charge in [-0.2, -0.15) is 0 Å². The molecule has 0 saturated heterocycles. The highest BCUT2D eigenvalue weighted by Crippen LogP contribution is 2.56. The number of ether oxygens (including phenoxy) is 3. The van der Waals surface area contributed by atoms with Gasteiger partial charge in [0.25, 0.3) is 0 Å². The molecule has 5 rings (SSSR count). The van der Waals surface area contributed by atoms with Gasteiger partial charge in [-0.05, 0) is 36.8 Å². The second kappa shape index (κ2) is 12.6. The Kier molecular flexibility index (Phi) is 8.73. The maximum atomic E-state index is 12.9. The number of rotatable bonds is 13. The first-order valence-corrected chi connectivity index (χ1v) is 14.7. The molecule has 6 nitrogen and oxygen atoms in total. The zero-order valence-corrected chi connectivity index (χ0v) is 23.2. The minimum Gasteiger partial charge on any atom is -0.508 e. The van der Waals surface area contributed by atoms with Crippen LogP contribution in [-0.4, -0.2) is 17.0 Å². The van der Waals surface area contributed by atoms with E-state index in [9.17, 15) is 14.7 Å². The van der Waals surface area contributed by atoms with Crippen molar-refractivity contribution in [2.24, 2.45) is 0 Å². The lowest BCUT2D eigenvalue weighted by molar-refractivity contribution is -0.134. The summed E-state index contributed by atoms with van der Waals surface area (Å²) in [5.74, 6) is 0.471. The topological polar surface area (TPSA) is 82.1 Å². The van der Waals surface area contributed by atoms with Crippen molar-refractivity contribution in [2.75, 3.05) is 0 Å². The number of phenols is 1. The Bertz CT molecular complexity index is 1360. The summed E-state index contributed by atoms with van der Waals surface area (Å²) in [5, 5.41) is 10.1. The third-order valence-corrected chi connectivity index (χ3v) is 7.88. The van der Waals surface area contributed by atoms with Gasteiger partial charge in [0, 0.05) is 35.2 Å². The molecule has 0 saturated carbocycles. The molecule has 2 aliphatic rings. The van der Waals surface area contributed by atoms with Gasteiger partial charge in [0.2, 0.25) is 0 Å². The molecule has 0 radical (unpaired) electrons. The van der Waals surface area contributed by atoms with Crippen LogP contribution < -0.4 is 9.47 Å². The lowest BCUT2D eigenvalue weighted by Crippen LogP contribution is -2.33. The highest BCUT2D eigenvalue weighted by Gasteiger charge is 2.53. The Labute approximate surface area is 236 Å². The van der Waals surface area contributed by atoms with Crippen LogP contribution in [0.3, 0.4) is 0 Å². The fourth-order valence-corrected chi connectivity index (χ4v) is 5.82. The van der Waals surface area contributed by atoms with E-state index < -0.39 is 11.6 Å². The van der Waals surface area contributed by atoms with Crippen LogP contribution in [0.4, 0.5) is 0 Å². The summed E-state index contributed by atoms with van der Waals surface area (Å²) in [7, 11) is 0. The molecular weight excluding hydrogens is 504 g/mol. The number of hydrogen-bond donors (Lipinski definition) is 1. The quantitative estimate of drug-likeness (QED) is 0.132. The van der Waals surface area contributed by atoms with Crippen LogP contribution in [-0.2, 0) is 15.1 Å². The number of carbonyl (C=O) groups excluding carboxylic acids is 2. The van der Waals surface area contributed by atoms with Crippen molar-refractivity contribution in [1.29, 1.82) is 0 Å². The molecule has 0 bridgehead atoms. The zero-order valence-electron chi connectivity index (χ0n) is 23.2. The molecule has 40 heavy (non-hydrogen) atoms. The number of unbranched alkanes of at least 4 members (excludes halogenated alkanes) is 10. The molecule has 3 aromatic rings. The van der Waals surface area contributed by atoms with E-state index in [1.54, 1.807) is 42.5 Å². The van der Waals surface area contributed by atoms with Crippen LogP contribution in [0.2, 0.25) is 0 Å². The van der Waals surface area contributed by atoms with E-state index in [1.807, 2.05) is 12.1 Å². The number of phenolic OH excluding ortho intramolecular Hbond substituents is 1. The normalized spacial score (nSPS) is 16.6. The van der Waals surface area contributed by atoms with E-state index in [0.29, 0.717) is 45.9 Å². The second-order valence-corrected chi connectivity index (χ2v) is 10.8. The Morgan fingerprint density at radius 2 is 1.40 bits per heavy atom. The Morgan fingerprint density at radius 3 is 2.12 bits per heavy atom. The summed E-state index contributed by atoms with van der Waals surface area (Å²) >= 11 is 0. The Hall–Kier alpha value is -3.80. The van der Waals surface area contributed by atoms with Crippen molar-refractivity contribution in [3.05, 3.63) is 82.9 Å². The zero-order chi connectivity index (χ0) is 28.0. The van der Waals surface area contributed by atoms with Crippen LogP contribution in [0.5, 0.6) is 23.0 Å². The number of fused-ring (bicyclic) bond motifs is 6. The van der Waals surface area contributed by atoms with Gasteiger partial charge in [-0.15, -0.1) is 0 Å². The molecule has 6 heteroatoms. The van der Waals surface area contributed by atoms with Crippen LogP contribution in [0.15, 0.2) is 60.7 Å². The van der Waals surface area contributed by atoms with Crippen molar-refractivity contribution >= 4 is 11.9 Å². The van der Waals surface area contributed by atoms with E-state index in [0.717, 1.165) is 19.3 Å². The SMILES string of the molecule is CCCCCCCCCCCCCC(=O)Oc1ccc2c(c1)Oc1cc(O)ccc1C21OC(=O)c2ccccc21. The maximum Gasteiger partial charge on any atom is 0.340 e. The second-order valence-electron chi connectivity index (χ2n) is 10.8. The molecule has 210 valence electrons. The third-order valence-electron chi connectivity index (χ3n) is 7.88. The molecule has 0 amide bonds. The molecule has 0 aromatic heterocycles. The predicted octanol–water partition coefficient (Wildman–Crippen LogP) is 8.57. The minimum atomic E-state index is -1.22. The molecule has 1 spiro atoms. The van der Waals surface area contributed by atoms with Crippen molar-refractivity contribution in [3.8, 4) is 23.0 Å². The lowest BCUT2D eigenvalue weighted by atomic mass is 9.77. The van der Waals surface area contributed by atoms with Gasteiger partial charge in [-0.3, -0.25) is 4.79 Å². The standard InChI is InChI=1S/C34H38O6/c1-2-3-4-5-6-7-8-9-10-11-12-17-32(36)38-25-19-21-29-31(23-25)39-30-22-24(35)18-20-28(30)34(29)27-16-14-13-15-26(27)33(37)40-34/h13-16,18-23,35H,2-12,17H2,1H3. The largest absolute Gasteiger partial charge is 0.508 e. The summed E-state index contributed by atoms with van der Waals surface area (Å²) in [4.78, 5) is 25.5. The fraction of sp³-hybridized carbons (Fsp3) is 0.412. The Morgan fingerprint density at radius 1 is 0.775 bits per heavy atom. The molecule has 1 N–H and O–H groups in total. The summed E-state index contributed by atoms with van der Waals surface area (Å²) in [6.45, 7) is 2.24. The van der Waals surface area contributed by atoms with E-state index in [-0.39, 0.29) is 11.7 Å². The van der Waals surface area contributed by atoms with Gasteiger partial charge in [0.1, 0.15) is 23.0 Å². The molecule has 0 fully saturated rings. The summed E-state index contributed by atoms with van der Waals surface area (Å²) in [5.41, 5.74) is 1.23. The van der Waals surface area contributed by atoms with Crippen molar-refractivity contribution in [2.45, 2.75) is 89.6 Å². The van der Waals surface area contributed by atoms with Crippen LogP contribution in [0.1, 0.15) is 111 Å². The number of aromatic hydroxyl groups is 1. The molecular formula is C34H38O6. The molecule has 2 aliphatic heterocycles. The number of benzene rings is 3. The minimum absolute atomic E-state index is 0.0320. The number of carbonyl (C=O) groups is 2. The number of hydrogen-bond acceptors (Lipinski definition) is 6. The van der Waals surface area contributed by atoms with Crippen LogP contribution in [0.25, 0.3) is 0 Å². The van der Waals surface area contributed by atoms with Gasteiger partial charge in [-0.1, -0.05) is 89.3 Å². The average molecular weight is 543 g/mol. The van der Waals surface area contributed by atoms with Crippen molar-refractivity contribution in [3.63, 3.8) is 0 Å². The summed E-state index contributed by atoms with van der Waals surface area (Å²) in [6.07, 6.45) is 13.8. The van der Waals surface area contributed by atoms with E-state index in [4.69, 9.17) is 14.2 Å². The highest BCUT2D eigenvalue weighted by atomic mass is 16.6. The smallest absolute Gasteiger partial charge is 0.340 e. The molecule has 2 heterocycles. The van der Waals surface area contributed by atoms with E-state index >= 15 is 0 Å². The molecule has 1 unspecified atom stereocenters. The van der Waals surface area contributed by atoms with Gasteiger partial charge in [0.05, 0.1) is 5.56 Å². The summed E-state index contributed by atoms with van der Waals surface area (Å²) < 4.78 is 17.9. The predicted molar refractivity (Wildman–Crippen MR) is 153 cm³/mol. The van der Waals surface area contributed by atoms with Crippen LogP contribution in [0, 0.1) is 0 Å². The first-order chi connectivity index (χ1) is 19.5. The molecule has 0 aliphatic carbocycles. The Balaban J connectivity index is 1.21. The highest BCUT2D eigenvalue weighted by molar-refractivity contribution is 5.97. The van der Waals surface area contributed by atoms with Crippen molar-refractivity contribution < 1.29 is 28.9 Å². The molecule has 3 aromatic carbocycles. The van der Waals surface area contributed by atoms with Crippen molar-refractivity contribution in [1.82, 2.24) is 0 Å². The van der Waals surface area contributed by atoms with Gasteiger partial charge >= 0.3 is 11.9 Å².